The van der Waals surface area contributed by atoms with Gasteiger partial charge in [-0.3, -0.25) is 14.2 Å². The third kappa shape index (κ3) is 5.33. The normalized spacial score (nSPS) is 13.8. The van der Waals surface area contributed by atoms with Crippen LogP contribution in [0.2, 0.25) is 0 Å². The number of anilines is 2. The summed E-state index contributed by atoms with van der Waals surface area (Å²) in [5.74, 6) is -0.334. The van der Waals surface area contributed by atoms with Crippen LogP contribution >= 0.6 is 0 Å². The highest BCUT2D eigenvalue weighted by Crippen LogP contribution is 2.29. The molecular weight excluding hydrogens is 489 g/mol. The number of phenols is 1. The van der Waals surface area contributed by atoms with Crippen molar-refractivity contribution >= 4 is 28.6 Å². The number of piperazine rings is 1. The third-order valence-corrected chi connectivity index (χ3v) is 6.90. The molecule has 202 valence electrons. The van der Waals surface area contributed by atoms with Crippen LogP contribution in [0.1, 0.15) is 19.5 Å². The molecule has 1 saturated heterocycles. The SMILES string of the molecule is C=CC(=O)N1CCN(c2nc(NCCN(CC)CC)nc3c(=O)n(-c4c(O)cccc4F)c(C)cc23)CC1. The van der Waals surface area contributed by atoms with Crippen molar-refractivity contribution in [1.82, 2.24) is 24.3 Å². The number of aryl methyl sites for hydroxylation is 1. The maximum Gasteiger partial charge on any atom is 0.282 e. The minimum Gasteiger partial charge on any atom is -0.506 e. The molecule has 11 heteroatoms. The van der Waals surface area contributed by atoms with Crippen LogP contribution in [0.15, 0.2) is 41.7 Å². The smallest absolute Gasteiger partial charge is 0.282 e. The number of nitrogens with one attached hydrogen (secondary N) is 1. The largest absolute Gasteiger partial charge is 0.506 e. The molecule has 1 aromatic carbocycles. The Morgan fingerprint density at radius 2 is 1.92 bits per heavy atom. The molecule has 1 aliphatic heterocycles. The van der Waals surface area contributed by atoms with Crippen molar-refractivity contribution in [3.05, 3.63) is 58.8 Å². The molecule has 10 nitrogen and oxygen atoms in total. The average molecular weight is 524 g/mol. The Labute approximate surface area is 221 Å². The third-order valence-electron chi connectivity index (χ3n) is 6.90. The van der Waals surface area contributed by atoms with Gasteiger partial charge in [0, 0.05) is 45.0 Å². The summed E-state index contributed by atoms with van der Waals surface area (Å²) in [6.07, 6.45) is 1.30. The van der Waals surface area contributed by atoms with E-state index in [9.17, 15) is 19.1 Å². The van der Waals surface area contributed by atoms with Crippen molar-refractivity contribution in [3.63, 3.8) is 0 Å². The summed E-state index contributed by atoms with van der Waals surface area (Å²) in [6.45, 7) is 14.6. The van der Waals surface area contributed by atoms with Crippen LogP contribution in [0.4, 0.5) is 16.2 Å². The molecule has 0 atom stereocenters. The van der Waals surface area contributed by atoms with Crippen molar-refractivity contribution in [1.29, 1.82) is 0 Å². The second-order valence-electron chi connectivity index (χ2n) is 9.14. The van der Waals surface area contributed by atoms with Gasteiger partial charge in [-0.15, -0.1) is 0 Å². The van der Waals surface area contributed by atoms with E-state index < -0.39 is 11.4 Å². The Bertz CT molecular complexity index is 1380. The van der Waals surface area contributed by atoms with Crippen LogP contribution in [0, 0.1) is 12.7 Å². The molecule has 2 N–H and O–H groups in total. The molecule has 0 saturated carbocycles. The number of nitrogens with zero attached hydrogens (tertiary/aromatic N) is 6. The zero-order chi connectivity index (χ0) is 27.4. The lowest BCUT2D eigenvalue weighted by Gasteiger charge is -2.35. The zero-order valence-corrected chi connectivity index (χ0v) is 22.1. The summed E-state index contributed by atoms with van der Waals surface area (Å²) in [5.41, 5.74) is -0.241. The molecule has 4 rings (SSSR count). The fourth-order valence-corrected chi connectivity index (χ4v) is 4.75. The van der Waals surface area contributed by atoms with E-state index in [-0.39, 0.29) is 28.8 Å². The molecule has 0 spiro atoms. The lowest BCUT2D eigenvalue weighted by molar-refractivity contribution is -0.126. The first-order valence-electron chi connectivity index (χ1n) is 12.8. The first-order chi connectivity index (χ1) is 18.3. The van der Waals surface area contributed by atoms with E-state index in [2.05, 4.69) is 35.6 Å². The van der Waals surface area contributed by atoms with E-state index in [1.807, 2.05) is 4.90 Å². The summed E-state index contributed by atoms with van der Waals surface area (Å²) in [7, 11) is 0. The molecule has 1 amide bonds. The van der Waals surface area contributed by atoms with Crippen LogP contribution < -0.4 is 15.8 Å². The topological polar surface area (TPSA) is 107 Å². The van der Waals surface area contributed by atoms with Gasteiger partial charge in [-0.2, -0.15) is 4.98 Å². The maximum atomic E-state index is 14.8. The second-order valence-corrected chi connectivity index (χ2v) is 9.14. The van der Waals surface area contributed by atoms with Gasteiger partial charge < -0.3 is 25.1 Å². The number of likely N-dealkylation sites (N-methyl/N-ethyl adjacent to an activating group) is 1. The number of fused-ring (bicyclic) bond motifs is 1. The molecule has 3 heterocycles. The quantitative estimate of drug-likeness (QED) is 0.412. The average Bonchev–Trinajstić information content (AvgIpc) is 2.92. The zero-order valence-electron chi connectivity index (χ0n) is 22.1. The van der Waals surface area contributed by atoms with Gasteiger partial charge in [0.2, 0.25) is 11.9 Å². The van der Waals surface area contributed by atoms with Gasteiger partial charge in [0.25, 0.3) is 5.56 Å². The Morgan fingerprint density at radius 3 is 2.55 bits per heavy atom. The van der Waals surface area contributed by atoms with Crippen LogP contribution in [0.3, 0.4) is 0 Å². The fourth-order valence-electron chi connectivity index (χ4n) is 4.75. The number of aromatic hydroxyl groups is 1. The van der Waals surface area contributed by atoms with Crippen LogP contribution in [0.25, 0.3) is 16.6 Å². The predicted molar refractivity (Wildman–Crippen MR) is 147 cm³/mol. The van der Waals surface area contributed by atoms with Crippen molar-refractivity contribution in [3.8, 4) is 11.4 Å². The monoisotopic (exact) mass is 523 g/mol. The number of aromatic nitrogens is 3. The van der Waals surface area contributed by atoms with Gasteiger partial charge >= 0.3 is 0 Å². The number of hydrogen-bond acceptors (Lipinski definition) is 8. The van der Waals surface area contributed by atoms with Gasteiger partial charge in [0.15, 0.2) is 5.82 Å². The maximum absolute atomic E-state index is 14.8. The van der Waals surface area contributed by atoms with E-state index in [1.165, 1.54) is 24.3 Å². The molecule has 2 aromatic heterocycles. The summed E-state index contributed by atoms with van der Waals surface area (Å²) in [6, 6.07) is 5.65. The van der Waals surface area contributed by atoms with Crippen molar-refractivity contribution < 1.29 is 14.3 Å². The number of pyridine rings is 1. The minimum atomic E-state index is -0.718. The number of para-hydroxylation sites is 1. The molecular formula is C27H34FN7O3. The fraction of sp³-hybridized carbons (Fsp3) is 0.407. The molecule has 1 aliphatic rings. The lowest BCUT2D eigenvalue weighted by Crippen LogP contribution is -2.48. The van der Waals surface area contributed by atoms with Crippen molar-refractivity contribution in [2.75, 3.05) is 62.6 Å². The van der Waals surface area contributed by atoms with Gasteiger partial charge in [0.05, 0.1) is 5.39 Å². The predicted octanol–water partition coefficient (Wildman–Crippen LogP) is 2.52. The first kappa shape index (κ1) is 27.1. The number of carbonyl (C=O) groups is 1. The summed E-state index contributed by atoms with van der Waals surface area (Å²) in [5, 5.41) is 14.1. The number of benzene rings is 1. The highest BCUT2D eigenvalue weighted by atomic mass is 19.1. The minimum absolute atomic E-state index is 0.109. The van der Waals surface area contributed by atoms with Gasteiger partial charge in [-0.05, 0) is 44.3 Å². The van der Waals surface area contributed by atoms with Crippen LogP contribution in [-0.2, 0) is 4.79 Å². The molecule has 38 heavy (non-hydrogen) atoms. The standard InChI is InChI=1S/C27H34FN7O3/c1-5-22(37)33-13-15-34(16-14-33)25-19-17-18(4)35(24-20(28)9-8-10-21(24)36)26(38)23(19)30-27(31-25)29-11-12-32(6-2)7-3/h5,8-10,17,36H,1,6-7,11-16H2,2-4H3,(H,29,30,31). The molecule has 0 aliphatic carbocycles. The summed E-state index contributed by atoms with van der Waals surface area (Å²) >= 11 is 0. The van der Waals surface area contributed by atoms with E-state index in [0.717, 1.165) is 24.2 Å². The lowest BCUT2D eigenvalue weighted by atomic mass is 10.2. The van der Waals surface area contributed by atoms with E-state index >= 15 is 0 Å². The summed E-state index contributed by atoms with van der Waals surface area (Å²) in [4.78, 5) is 41.1. The van der Waals surface area contributed by atoms with Crippen molar-refractivity contribution in [2.24, 2.45) is 0 Å². The number of phenolic OH excluding ortho intramolecular Hbond substituents is 1. The Morgan fingerprint density at radius 1 is 1.21 bits per heavy atom. The number of rotatable bonds is 9. The Hall–Kier alpha value is -3.99. The Balaban J connectivity index is 1.81. The summed E-state index contributed by atoms with van der Waals surface area (Å²) < 4.78 is 15.9. The highest BCUT2D eigenvalue weighted by molar-refractivity contribution is 5.91. The van der Waals surface area contributed by atoms with Crippen LogP contribution in [-0.4, -0.2) is 87.7 Å². The van der Waals surface area contributed by atoms with Crippen LogP contribution in [0.5, 0.6) is 5.75 Å². The molecule has 1 fully saturated rings. The van der Waals surface area contributed by atoms with Gasteiger partial charge in [-0.25, -0.2) is 9.37 Å². The molecule has 0 bridgehead atoms. The number of hydrogen-bond donors (Lipinski definition) is 2. The first-order valence-corrected chi connectivity index (χ1v) is 12.8. The molecule has 0 unspecified atom stereocenters. The van der Waals surface area contributed by atoms with Crippen molar-refractivity contribution in [2.45, 2.75) is 20.8 Å². The number of halogens is 1. The van der Waals surface area contributed by atoms with Gasteiger partial charge in [0.1, 0.15) is 22.8 Å². The van der Waals surface area contributed by atoms with E-state index in [1.54, 1.807) is 17.9 Å². The highest BCUT2D eigenvalue weighted by Gasteiger charge is 2.25. The Kier molecular flexibility index (Phi) is 8.26. The number of carbonyl (C=O) groups excluding carboxylic acids is 1. The van der Waals surface area contributed by atoms with Gasteiger partial charge in [-0.1, -0.05) is 26.5 Å². The second kappa shape index (κ2) is 11.6. The molecule has 0 radical (unpaired) electrons. The number of amides is 1. The molecule has 3 aromatic rings. The van der Waals surface area contributed by atoms with E-state index in [4.69, 9.17) is 4.98 Å². The van der Waals surface area contributed by atoms with E-state index in [0.29, 0.717) is 49.6 Å².